The van der Waals surface area contributed by atoms with Crippen LogP contribution in [0.4, 0.5) is 4.39 Å². The first kappa shape index (κ1) is 6.15. The Balaban J connectivity index is 2.83. The normalized spacial score (nSPS) is 10.3. The molecule has 0 aromatic carbocycles. The number of hydrogen-bond donors (Lipinski definition) is 0. The summed E-state index contributed by atoms with van der Waals surface area (Å²) >= 11 is 0. The molecule has 4 heteroatoms. The summed E-state index contributed by atoms with van der Waals surface area (Å²) < 4.78 is 12.4. The molecule has 2 heterocycles. The van der Waals surface area contributed by atoms with Crippen molar-refractivity contribution in [1.29, 1.82) is 0 Å². The molecule has 0 fully saturated rings. The molecule has 0 amide bonds. The largest absolute Gasteiger partial charge is 0.309 e. The van der Waals surface area contributed by atoms with E-state index in [2.05, 4.69) is 15.0 Å². The topological polar surface area (TPSA) is 38.7 Å². The van der Waals surface area contributed by atoms with E-state index >= 15 is 0 Å². The van der Waals surface area contributed by atoms with E-state index in [0.717, 1.165) is 0 Å². The van der Waals surface area contributed by atoms with Gasteiger partial charge in [-0.25, -0.2) is 9.97 Å². The molecule has 0 spiro atoms. The Morgan fingerprint density at radius 1 is 1.18 bits per heavy atom. The molecule has 11 heavy (non-hydrogen) atoms. The molecule has 3 nitrogen and oxygen atoms in total. The van der Waals surface area contributed by atoms with Crippen LogP contribution in [0.15, 0.2) is 24.5 Å². The quantitative estimate of drug-likeness (QED) is 0.527. The highest BCUT2D eigenvalue weighted by Crippen LogP contribution is 2.04. The molecule has 54 valence electrons. The van der Waals surface area contributed by atoms with Crippen LogP contribution >= 0.6 is 0 Å². The predicted octanol–water partition coefficient (Wildman–Crippen LogP) is 1.16. The summed E-state index contributed by atoms with van der Waals surface area (Å²) in [5.41, 5.74) is 1.13. The average Bonchev–Trinajstić information content (AvgIpc) is 2.04. The van der Waals surface area contributed by atoms with Crippen molar-refractivity contribution in [2.75, 3.05) is 0 Å². The van der Waals surface area contributed by atoms with Crippen LogP contribution < -0.4 is 0 Å². The summed E-state index contributed by atoms with van der Waals surface area (Å²) in [5.74, 6) is 0. The molecule has 2 aromatic heterocycles. The minimum absolute atomic E-state index is 0.528. The Labute approximate surface area is 61.9 Å². The van der Waals surface area contributed by atoms with E-state index in [-0.39, 0.29) is 0 Å². The van der Waals surface area contributed by atoms with Crippen LogP contribution in [-0.2, 0) is 0 Å². The molecule has 0 atom stereocenters. The molecule has 0 radical (unpaired) electrons. The lowest BCUT2D eigenvalue weighted by atomic mass is 10.4. The van der Waals surface area contributed by atoms with Crippen molar-refractivity contribution in [2.45, 2.75) is 0 Å². The first-order valence-electron chi connectivity index (χ1n) is 3.09. The van der Waals surface area contributed by atoms with Crippen LogP contribution in [0.1, 0.15) is 0 Å². The Hall–Kier alpha value is -1.58. The Kier molecular flexibility index (Phi) is 1.25. The van der Waals surface area contributed by atoms with Crippen LogP contribution in [0.2, 0.25) is 0 Å². The monoisotopic (exact) mass is 149 g/mol. The number of halogens is 1. The van der Waals surface area contributed by atoms with Crippen molar-refractivity contribution in [1.82, 2.24) is 15.0 Å². The zero-order valence-electron chi connectivity index (χ0n) is 5.53. The van der Waals surface area contributed by atoms with Gasteiger partial charge in [0.25, 0.3) is 0 Å². The summed E-state index contributed by atoms with van der Waals surface area (Å²) in [7, 11) is 0. The SMILES string of the molecule is Fc1ncc2ncccc2n1. The van der Waals surface area contributed by atoms with Crippen molar-refractivity contribution >= 4 is 11.0 Å². The van der Waals surface area contributed by atoms with Crippen LogP contribution in [0, 0.1) is 6.08 Å². The van der Waals surface area contributed by atoms with Gasteiger partial charge in [-0.15, -0.1) is 0 Å². The van der Waals surface area contributed by atoms with Crippen molar-refractivity contribution in [3.63, 3.8) is 0 Å². The van der Waals surface area contributed by atoms with Gasteiger partial charge in [0, 0.05) is 6.20 Å². The molecule has 0 saturated heterocycles. The highest BCUT2D eigenvalue weighted by atomic mass is 19.1. The van der Waals surface area contributed by atoms with Crippen molar-refractivity contribution in [2.24, 2.45) is 0 Å². The van der Waals surface area contributed by atoms with Crippen molar-refractivity contribution < 1.29 is 4.39 Å². The minimum Gasteiger partial charge on any atom is -0.253 e. The van der Waals surface area contributed by atoms with E-state index in [1.807, 2.05) is 0 Å². The molecule has 0 saturated carbocycles. The van der Waals surface area contributed by atoms with Gasteiger partial charge in [0.1, 0.15) is 5.52 Å². The fraction of sp³-hybridized carbons (Fsp3) is 0. The molecule has 0 aliphatic carbocycles. The Bertz CT molecular complexity index is 388. The third-order valence-corrected chi connectivity index (χ3v) is 1.32. The molecule has 0 aliphatic heterocycles. The number of nitrogens with zero attached hydrogens (tertiary/aromatic N) is 3. The second-order valence-corrected chi connectivity index (χ2v) is 2.05. The molecule has 0 N–H and O–H groups in total. The Morgan fingerprint density at radius 3 is 3.00 bits per heavy atom. The molecule has 0 bridgehead atoms. The van der Waals surface area contributed by atoms with E-state index in [9.17, 15) is 4.39 Å². The molecule has 0 unspecified atom stereocenters. The average molecular weight is 149 g/mol. The van der Waals surface area contributed by atoms with Gasteiger partial charge in [-0.1, -0.05) is 0 Å². The zero-order valence-corrected chi connectivity index (χ0v) is 5.53. The highest BCUT2D eigenvalue weighted by Gasteiger charge is 1.96. The molecular weight excluding hydrogens is 145 g/mol. The van der Waals surface area contributed by atoms with E-state index in [0.29, 0.717) is 11.0 Å². The third kappa shape index (κ3) is 1.02. The molecule has 2 rings (SSSR count). The van der Waals surface area contributed by atoms with Crippen LogP contribution in [0.3, 0.4) is 0 Å². The maximum atomic E-state index is 12.4. The van der Waals surface area contributed by atoms with Gasteiger partial charge in [0.15, 0.2) is 0 Å². The lowest BCUT2D eigenvalue weighted by Crippen LogP contribution is -1.89. The Morgan fingerprint density at radius 2 is 2.09 bits per heavy atom. The summed E-state index contributed by atoms with van der Waals surface area (Å²) in [6.07, 6.45) is 2.26. The predicted molar refractivity (Wildman–Crippen MR) is 37.3 cm³/mol. The number of pyridine rings is 1. The van der Waals surface area contributed by atoms with E-state index < -0.39 is 6.08 Å². The number of fused-ring (bicyclic) bond motifs is 1. The van der Waals surface area contributed by atoms with E-state index in [1.54, 1.807) is 18.3 Å². The lowest BCUT2D eigenvalue weighted by Gasteiger charge is -1.92. The number of hydrogen-bond acceptors (Lipinski definition) is 3. The van der Waals surface area contributed by atoms with Gasteiger partial charge in [-0.3, -0.25) is 4.98 Å². The van der Waals surface area contributed by atoms with Gasteiger partial charge in [-0.05, 0) is 12.1 Å². The van der Waals surface area contributed by atoms with E-state index in [4.69, 9.17) is 0 Å². The molecule has 2 aromatic rings. The fourth-order valence-electron chi connectivity index (χ4n) is 0.846. The number of aromatic nitrogens is 3. The van der Waals surface area contributed by atoms with Gasteiger partial charge in [0.05, 0.1) is 11.7 Å². The van der Waals surface area contributed by atoms with E-state index in [1.165, 1.54) is 6.20 Å². The van der Waals surface area contributed by atoms with Gasteiger partial charge in [-0.2, -0.15) is 4.39 Å². The standard InChI is InChI=1S/C7H4FN3/c8-7-10-4-6-5(11-7)2-1-3-9-6/h1-4H. The van der Waals surface area contributed by atoms with Crippen LogP contribution in [0.25, 0.3) is 11.0 Å². The zero-order chi connectivity index (χ0) is 7.68. The second kappa shape index (κ2) is 2.23. The first-order valence-corrected chi connectivity index (χ1v) is 3.09. The van der Waals surface area contributed by atoms with Gasteiger partial charge < -0.3 is 0 Å². The number of rotatable bonds is 0. The smallest absolute Gasteiger partial charge is 0.253 e. The van der Waals surface area contributed by atoms with Crippen molar-refractivity contribution in [3.05, 3.63) is 30.6 Å². The van der Waals surface area contributed by atoms with Gasteiger partial charge in [0.2, 0.25) is 0 Å². The van der Waals surface area contributed by atoms with Gasteiger partial charge >= 0.3 is 6.08 Å². The fourth-order valence-corrected chi connectivity index (χ4v) is 0.846. The highest BCUT2D eigenvalue weighted by molar-refractivity contribution is 5.71. The third-order valence-electron chi connectivity index (χ3n) is 1.32. The first-order chi connectivity index (χ1) is 5.36. The second-order valence-electron chi connectivity index (χ2n) is 2.05. The lowest BCUT2D eigenvalue weighted by molar-refractivity contribution is 0.544. The van der Waals surface area contributed by atoms with Crippen molar-refractivity contribution in [3.8, 4) is 0 Å². The summed E-state index contributed by atoms with van der Waals surface area (Å²) in [4.78, 5) is 10.8. The molecule has 0 aliphatic rings. The summed E-state index contributed by atoms with van der Waals surface area (Å²) in [5, 5.41) is 0. The molecular formula is C7H4FN3. The van der Waals surface area contributed by atoms with Crippen LogP contribution in [-0.4, -0.2) is 15.0 Å². The van der Waals surface area contributed by atoms with Crippen LogP contribution in [0.5, 0.6) is 0 Å². The maximum absolute atomic E-state index is 12.4. The minimum atomic E-state index is -0.717. The summed E-state index contributed by atoms with van der Waals surface area (Å²) in [6, 6.07) is 3.39. The summed E-state index contributed by atoms with van der Waals surface area (Å²) in [6.45, 7) is 0. The maximum Gasteiger partial charge on any atom is 0.309 e.